The number of sulfone groups is 1. The molecule has 3 fully saturated rings. The van der Waals surface area contributed by atoms with Crippen LogP contribution in [0, 0.1) is 11.7 Å². The summed E-state index contributed by atoms with van der Waals surface area (Å²) < 4.78 is 80.5. The first-order valence-electron chi connectivity index (χ1n) is 11.7. The lowest BCUT2D eigenvalue weighted by atomic mass is 10.0. The van der Waals surface area contributed by atoms with Crippen LogP contribution < -0.4 is 16.0 Å². The summed E-state index contributed by atoms with van der Waals surface area (Å²) in [7, 11) is -3.94. The summed E-state index contributed by atoms with van der Waals surface area (Å²) in [5.41, 5.74) is -1.98. The number of benzene rings is 1. The van der Waals surface area contributed by atoms with Crippen LogP contribution in [0.4, 0.5) is 17.6 Å². The van der Waals surface area contributed by atoms with Gasteiger partial charge in [-0.25, -0.2) is 12.8 Å². The zero-order valence-electron chi connectivity index (χ0n) is 19.2. The predicted molar refractivity (Wildman–Crippen MR) is 120 cm³/mol. The van der Waals surface area contributed by atoms with E-state index >= 15 is 0 Å². The van der Waals surface area contributed by atoms with Gasteiger partial charge in [0.15, 0.2) is 9.84 Å². The highest BCUT2D eigenvalue weighted by molar-refractivity contribution is 7.91. The Morgan fingerprint density at radius 3 is 2.14 bits per heavy atom. The van der Waals surface area contributed by atoms with Crippen LogP contribution in [-0.4, -0.2) is 61.3 Å². The zero-order valence-corrected chi connectivity index (χ0v) is 20.1. The number of nitrogens with one attached hydrogen (secondary N) is 3. The number of halogens is 4. The van der Waals surface area contributed by atoms with Gasteiger partial charge in [-0.1, -0.05) is 12.1 Å². The van der Waals surface area contributed by atoms with Crippen molar-refractivity contribution in [3.63, 3.8) is 0 Å². The highest BCUT2D eigenvalue weighted by atomic mass is 32.2. The molecular formula is C23H27F4N3O5S. The smallest absolute Gasteiger partial charge is 0.347 e. The van der Waals surface area contributed by atoms with E-state index < -0.39 is 68.4 Å². The quantitative estimate of drug-likeness (QED) is 0.278. The van der Waals surface area contributed by atoms with Gasteiger partial charge in [-0.15, -0.1) is 0 Å². The molecule has 0 bridgehead atoms. The highest BCUT2D eigenvalue weighted by Crippen LogP contribution is 2.38. The Morgan fingerprint density at radius 1 is 1.03 bits per heavy atom. The van der Waals surface area contributed by atoms with Gasteiger partial charge in [0.2, 0.25) is 11.7 Å². The second kappa shape index (κ2) is 9.73. The van der Waals surface area contributed by atoms with E-state index in [1.165, 1.54) is 0 Å². The molecule has 4 rings (SSSR count). The maximum atomic E-state index is 14.0. The van der Waals surface area contributed by atoms with Gasteiger partial charge in [0, 0.05) is 6.04 Å². The fourth-order valence-electron chi connectivity index (χ4n) is 3.95. The standard InChI is InChI=1S/C23H27F4N3O5S/c24-15-5-3-14(4-6-15)18(23(25,26)27)29-17(12-36(34,35)11-13-1-2-13)20(32)30-22(9-10-22)19(31)21(33)28-16-7-8-16/h3-6,13,16-18,29H,1-2,7-12H2,(H,28,33)(H,30,32)/t17-,18-/m0/s1. The highest BCUT2D eigenvalue weighted by Gasteiger charge is 2.55. The minimum Gasteiger partial charge on any atom is -0.347 e. The summed E-state index contributed by atoms with van der Waals surface area (Å²) in [4.78, 5) is 38.0. The minimum atomic E-state index is -4.95. The molecule has 0 aliphatic heterocycles. The van der Waals surface area contributed by atoms with Gasteiger partial charge in [-0.05, 0) is 62.1 Å². The van der Waals surface area contributed by atoms with Gasteiger partial charge < -0.3 is 10.6 Å². The number of rotatable bonds is 12. The molecule has 0 spiro atoms. The Hall–Kier alpha value is -2.54. The molecule has 198 valence electrons. The van der Waals surface area contributed by atoms with Crippen LogP contribution in [0.1, 0.15) is 50.1 Å². The maximum Gasteiger partial charge on any atom is 0.407 e. The fraction of sp³-hybridized carbons (Fsp3) is 0.609. The van der Waals surface area contributed by atoms with Crippen LogP contribution in [0.15, 0.2) is 24.3 Å². The third-order valence-electron chi connectivity index (χ3n) is 6.49. The molecule has 1 aromatic rings. The molecule has 0 saturated heterocycles. The summed E-state index contributed by atoms with van der Waals surface area (Å²) in [6.07, 6.45) is -1.92. The number of hydrogen-bond acceptors (Lipinski definition) is 6. The molecule has 36 heavy (non-hydrogen) atoms. The van der Waals surface area contributed by atoms with E-state index in [-0.39, 0.29) is 30.6 Å². The zero-order chi connectivity index (χ0) is 26.3. The summed E-state index contributed by atoms with van der Waals surface area (Å²) in [5.74, 6) is -4.98. The molecule has 0 heterocycles. The molecule has 0 aromatic heterocycles. The van der Waals surface area contributed by atoms with Crippen molar-refractivity contribution in [1.29, 1.82) is 0 Å². The molecule has 3 aliphatic rings. The third-order valence-corrected chi connectivity index (χ3v) is 8.31. The van der Waals surface area contributed by atoms with Crippen molar-refractivity contribution in [3.05, 3.63) is 35.6 Å². The summed E-state index contributed by atoms with van der Waals surface area (Å²) in [6, 6.07) is -1.03. The molecule has 2 atom stereocenters. The monoisotopic (exact) mass is 533 g/mol. The minimum absolute atomic E-state index is 0.100. The summed E-state index contributed by atoms with van der Waals surface area (Å²) in [6.45, 7) is 0. The van der Waals surface area contributed by atoms with Crippen molar-refractivity contribution < 1.29 is 40.4 Å². The molecule has 8 nitrogen and oxygen atoms in total. The van der Waals surface area contributed by atoms with Gasteiger partial charge >= 0.3 is 6.18 Å². The van der Waals surface area contributed by atoms with Crippen molar-refractivity contribution in [2.75, 3.05) is 11.5 Å². The largest absolute Gasteiger partial charge is 0.407 e. The van der Waals surface area contributed by atoms with Gasteiger partial charge in [0.25, 0.3) is 5.91 Å². The Kier molecular flexibility index (Phi) is 7.17. The second-order valence-corrected chi connectivity index (χ2v) is 12.1. The average Bonchev–Trinajstić information content (AvgIpc) is 3.61. The first kappa shape index (κ1) is 26.5. The number of carbonyl (C=O) groups excluding carboxylic acids is 3. The number of Topliss-reactive ketones (excluding diaryl/α,β-unsaturated/α-hetero) is 1. The van der Waals surface area contributed by atoms with Crippen molar-refractivity contribution in [3.8, 4) is 0 Å². The van der Waals surface area contributed by atoms with Crippen LogP contribution in [0.5, 0.6) is 0 Å². The van der Waals surface area contributed by atoms with E-state index in [0.29, 0.717) is 12.8 Å². The number of carbonyl (C=O) groups is 3. The molecule has 0 unspecified atom stereocenters. The van der Waals surface area contributed by atoms with E-state index in [1.54, 1.807) is 0 Å². The molecule has 2 amide bonds. The second-order valence-electron chi connectivity index (χ2n) is 9.91. The topological polar surface area (TPSA) is 121 Å². The van der Waals surface area contributed by atoms with Crippen molar-refractivity contribution in [1.82, 2.24) is 16.0 Å². The maximum absolute atomic E-state index is 14.0. The first-order chi connectivity index (χ1) is 16.8. The molecular weight excluding hydrogens is 506 g/mol. The first-order valence-corrected chi connectivity index (χ1v) is 13.6. The van der Waals surface area contributed by atoms with Crippen molar-refractivity contribution >= 4 is 27.4 Å². The lowest BCUT2D eigenvalue weighted by Gasteiger charge is -2.28. The average molecular weight is 534 g/mol. The molecule has 0 radical (unpaired) electrons. The third kappa shape index (κ3) is 6.81. The number of amides is 2. The van der Waals surface area contributed by atoms with Crippen LogP contribution in [0.2, 0.25) is 0 Å². The van der Waals surface area contributed by atoms with Crippen LogP contribution in [0.3, 0.4) is 0 Å². The molecule has 3 aliphatic carbocycles. The van der Waals surface area contributed by atoms with E-state index in [0.717, 1.165) is 37.1 Å². The molecule has 13 heteroatoms. The van der Waals surface area contributed by atoms with Crippen molar-refractivity contribution in [2.45, 2.75) is 68.4 Å². The predicted octanol–water partition coefficient (Wildman–Crippen LogP) is 1.71. The van der Waals surface area contributed by atoms with Gasteiger partial charge in [0.05, 0.1) is 11.5 Å². The van der Waals surface area contributed by atoms with Crippen LogP contribution >= 0.6 is 0 Å². The fourth-order valence-corrected chi connectivity index (χ4v) is 5.90. The van der Waals surface area contributed by atoms with Gasteiger partial charge in [-0.2, -0.15) is 13.2 Å². The number of ketones is 1. The van der Waals surface area contributed by atoms with Crippen LogP contribution in [0.25, 0.3) is 0 Å². The Labute approximate surface area is 205 Å². The van der Waals surface area contributed by atoms with Crippen LogP contribution in [-0.2, 0) is 24.2 Å². The van der Waals surface area contributed by atoms with Gasteiger partial charge in [-0.3, -0.25) is 19.7 Å². The summed E-state index contributed by atoms with van der Waals surface area (Å²) >= 11 is 0. The van der Waals surface area contributed by atoms with E-state index in [9.17, 15) is 40.4 Å². The molecule has 3 saturated carbocycles. The van der Waals surface area contributed by atoms with Gasteiger partial charge in [0.1, 0.15) is 23.4 Å². The van der Waals surface area contributed by atoms with E-state index in [1.807, 2.05) is 0 Å². The Morgan fingerprint density at radius 2 is 1.64 bits per heavy atom. The SMILES string of the molecule is O=C(NC1CC1)C(=O)C1(NC(=O)[C@H](CS(=O)(=O)CC2CC2)N[C@@H](c2ccc(F)cc2)C(F)(F)F)CC1. The van der Waals surface area contributed by atoms with E-state index in [2.05, 4.69) is 16.0 Å². The molecule has 1 aromatic carbocycles. The lowest BCUT2D eigenvalue weighted by Crippen LogP contribution is -2.57. The number of alkyl halides is 3. The number of hydrogen-bond donors (Lipinski definition) is 3. The van der Waals surface area contributed by atoms with E-state index in [4.69, 9.17) is 0 Å². The normalized spacial score (nSPS) is 20.8. The molecule has 3 N–H and O–H groups in total. The lowest BCUT2D eigenvalue weighted by molar-refractivity contribution is -0.160. The Balaban J connectivity index is 1.55. The summed E-state index contributed by atoms with van der Waals surface area (Å²) in [5, 5.41) is 6.95. The van der Waals surface area contributed by atoms with Crippen molar-refractivity contribution in [2.24, 2.45) is 5.92 Å². The Bertz CT molecular complexity index is 1130.